The van der Waals surface area contributed by atoms with Crippen LogP contribution in [0.25, 0.3) is 5.69 Å². The molecule has 3 aromatic rings. The molecule has 0 saturated carbocycles. The largest absolute Gasteiger partial charge is 0.352 e. The van der Waals surface area contributed by atoms with Gasteiger partial charge in [-0.15, -0.1) is 0 Å². The first-order valence-corrected chi connectivity index (χ1v) is 10.2. The minimum Gasteiger partial charge on any atom is -0.337 e. The van der Waals surface area contributed by atoms with Crippen molar-refractivity contribution in [3.8, 4) is 5.69 Å². The van der Waals surface area contributed by atoms with Crippen LogP contribution in [0.15, 0.2) is 52.1 Å². The van der Waals surface area contributed by atoms with Gasteiger partial charge in [-0.25, -0.2) is 9.18 Å². The average Bonchev–Trinajstić information content (AvgIpc) is 3.26. The summed E-state index contributed by atoms with van der Waals surface area (Å²) in [6.07, 6.45) is 1.71. The van der Waals surface area contributed by atoms with Gasteiger partial charge in [0.05, 0.1) is 12.2 Å². The summed E-state index contributed by atoms with van der Waals surface area (Å²) < 4.78 is 16.2. The lowest BCUT2D eigenvalue weighted by molar-refractivity contribution is 0.0781. The molecular formula is C23H23FN4O3. The molecule has 1 aromatic heterocycles. The van der Waals surface area contributed by atoms with E-state index in [4.69, 9.17) is 0 Å². The summed E-state index contributed by atoms with van der Waals surface area (Å²) >= 11 is 0. The van der Waals surface area contributed by atoms with Crippen LogP contribution in [0.4, 0.5) is 4.39 Å². The molecule has 0 atom stereocenters. The maximum absolute atomic E-state index is 14.3. The lowest BCUT2D eigenvalue weighted by Gasteiger charge is -2.17. The highest BCUT2D eigenvalue weighted by atomic mass is 19.1. The Hall–Kier alpha value is -3.55. The number of aromatic nitrogens is 3. The second-order valence-corrected chi connectivity index (χ2v) is 7.87. The van der Waals surface area contributed by atoms with Crippen molar-refractivity contribution in [1.29, 1.82) is 0 Å². The first-order chi connectivity index (χ1) is 14.8. The molecule has 0 bridgehead atoms. The standard InChI is InChI=1S/C23H23FN4O3/c1-15-11-16(2)13-18(12-15)28-23(31)27(14-17-7-3-4-8-19(17)24)22(30)20(25-28)21(29)26-9-5-6-10-26/h3-4,7-8,11-13H,5-6,9-10,14H2,1-2H3. The number of aryl methyl sites for hydroxylation is 2. The molecule has 0 unspecified atom stereocenters. The predicted molar refractivity (Wildman–Crippen MR) is 114 cm³/mol. The van der Waals surface area contributed by atoms with E-state index in [0.717, 1.165) is 33.2 Å². The zero-order valence-corrected chi connectivity index (χ0v) is 17.5. The average molecular weight is 422 g/mol. The number of carbonyl (C=O) groups is 1. The molecule has 7 nitrogen and oxygen atoms in total. The molecule has 8 heteroatoms. The van der Waals surface area contributed by atoms with Crippen molar-refractivity contribution in [1.82, 2.24) is 19.2 Å². The van der Waals surface area contributed by atoms with Gasteiger partial charge in [-0.1, -0.05) is 24.3 Å². The van der Waals surface area contributed by atoms with E-state index in [1.165, 1.54) is 18.2 Å². The fraction of sp³-hybridized carbons (Fsp3) is 0.304. The van der Waals surface area contributed by atoms with Gasteiger partial charge < -0.3 is 4.90 Å². The first kappa shape index (κ1) is 20.7. The lowest BCUT2D eigenvalue weighted by Crippen LogP contribution is -2.46. The van der Waals surface area contributed by atoms with Crippen molar-refractivity contribution >= 4 is 5.91 Å². The third-order valence-electron chi connectivity index (χ3n) is 5.39. The fourth-order valence-electron chi connectivity index (χ4n) is 3.90. The van der Waals surface area contributed by atoms with Crippen molar-refractivity contribution in [3.63, 3.8) is 0 Å². The molecule has 0 radical (unpaired) electrons. The molecule has 1 saturated heterocycles. The number of likely N-dealkylation sites (tertiary alicyclic amines) is 1. The first-order valence-electron chi connectivity index (χ1n) is 10.2. The van der Waals surface area contributed by atoms with E-state index < -0.39 is 23.0 Å². The number of benzene rings is 2. The van der Waals surface area contributed by atoms with Crippen molar-refractivity contribution < 1.29 is 9.18 Å². The summed E-state index contributed by atoms with van der Waals surface area (Å²) in [5.41, 5.74) is 0.560. The Morgan fingerprint density at radius 2 is 1.68 bits per heavy atom. The SMILES string of the molecule is Cc1cc(C)cc(-n2nc(C(=O)N3CCCC3)c(=O)n(Cc3ccccc3F)c2=O)c1. The van der Waals surface area contributed by atoms with Crippen LogP contribution < -0.4 is 11.2 Å². The number of hydrogen-bond acceptors (Lipinski definition) is 4. The van der Waals surface area contributed by atoms with Crippen LogP contribution in [0, 0.1) is 19.7 Å². The van der Waals surface area contributed by atoms with Crippen molar-refractivity contribution in [2.75, 3.05) is 13.1 Å². The highest BCUT2D eigenvalue weighted by molar-refractivity contribution is 5.92. The summed E-state index contributed by atoms with van der Waals surface area (Å²) in [5.74, 6) is -1.04. The van der Waals surface area contributed by atoms with Gasteiger partial charge in [-0.2, -0.15) is 9.78 Å². The van der Waals surface area contributed by atoms with Gasteiger partial charge >= 0.3 is 5.69 Å². The van der Waals surface area contributed by atoms with Crippen LogP contribution in [0.1, 0.15) is 40.0 Å². The van der Waals surface area contributed by atoms with Gasteiger partial charge in [-0.05, 0) is 56.0 Å². The topological polar surface area (TPSA) is 77.2 Å². The minimum atomic E-state index is -0.814. The van der Waals surface area contributed by atoms with Crippen LogP contribution in [-0.2, 0) is 6.54 Å². The highest BCUT2D eigenvalue weighted by Gasteiger charge is 2.27. The van der Waals surface area contributed by atoms with Crippen LogP contribution in [0.2, 0.25) is 0 Å². The quantitative estimate of drug-likeness (QED) is 0.647. The second kappa shape index (κ2) is 8.29. The zero-order chi connectivity index (χ0) is 22.1. The van der Waals surface area contributed by atoms with Gasteiger partial charge in [0.1, 0.15) is 5.82 Å². The van der Waals surface area contributed by atoms with E-state index in [1.54, 1.807) is 23.1 Å². The lowest BCUT2D eigenvalue weighted by atomic mass is 10.1. The number of hydrogen-bond donors (Lipinski definition) is 0. The van der Waals surface area contributed by atoms with Gasteiger partial charge in [0.15, 0.2) is 0 Å². The maximum Gasteiger partial charge on any atom is 0.352 e. The molecular weight excluding hydrogens is 399 g/mol. The summed E-state index contributed by atoms with van der Waals surface area (Å²) in [6, 6.07) is 11.4. The third kappa shape index (κ3) is 4.05. The number of carbonyl (C=O) groups excluding carboxylic acids is 1. The van der Waals surface area contributed by atoms with E-state index in [-0.39, 0.29) is 17.8 Å². The molecule has 160 valence electrons. The Balaban J connectivity index is 1.93. The van der Waals surface area contributed by atoms with Gasteiger partial charge in [-0.3, -0.25) is 14.2 Å². The molecule has 1 fully saturated rings. The third-order valence-corrected chi connectivity index (χ3v) is 5.39. The normalized spacial score (nSPS) is 13.6. The van der Waals surface area contributed by atoms with Gasteiger partial charge in [0, 0.05) is 18.7 Å². The van der Waals surface area contributed by atoms with Crippen molar-refractivity contribution in [2.45, 2.75) is 33.2 Å². The summed E-state index contributed by atoms with van der Waals surface area (Å²) in [7, 11) is 0. The second-order valence-electron chi connectivity index (χ2n) is 7.87. The Kier molecular flexibility index (Phi) is 5.54. The molecule has 2 heterocycles. The Morgan fingerprint density at radius 1 is 1.03 bits per heavy atom. The van der Waals surface area contributed by atoms with E-state index in [1.807, 2.05) is 19.9 Å². The van der Waals surface area contributed by atoms with Crippen LogP contribution in [0.5, 0.6) is 0 Å². The summed E-state index contributed by atoms with van der Waals surface area (Å²) in [5, 5.41) is 4.18. The van der Waals surface area contributed by atoms with Crippen molar-refractivity contribution in [2.24, 2.45) is 0 Å². The number of halogens is 1. The molecule has 0 N–H and O–H groups in total. The molecule has 4 rings (SSSR count). The van der Waals surface area contributed by atoms with Crippen LogP contribution in [0.3, 0.4) is 0 Å². The maximum atomic E-state index is 14.3. The Labute approximate surface area is 178 Å². The molecule has 1 amide bonds. The summed E-state index contributed by atoms with van der Waals surface area (Å²) in [6.45, 7) is 4.55. The van der Waals surface area contributed by atoms with Gasteiger partial charge in [0.25, 0.3) is 11.5 Å². The molecule has 2 aromatic carbocycles. The Morgan fingerprint density at radius 3 is 2.32 bits per heavy atom. The molecule has 31 heavy (non-hydrogen) atoms. The molecule has 0 spiro atoms. The van der Waals surface area contributed by atoms with Crippen molar-refractivity contribution in [3.05, 3.63) is 91.5 Å². The number of rotatable bonds is 4. The van der Waals surface area contributed by atoms with E-state index in [2.05, 4.69) is 5.10 Å². The van der Waals surface area contributed by atoms with Gasteiger partial charge in [0.2, 0.25) is 5.69 Å². The molecule has 1 aliphatic heterocycles. The number of amides is 1. The molecule has 0 aliphatic carbocycles. The smallest absolute Gasteiger partial charge is 0.337 e. The summed E-state index contributed by atoms with van der Waals surface area (Å²) in [4.78, 5) is 41.0. The number of nitrogens with zero attached hydrogens (tertiary/aromatic N) is 4. The van der Waals surface area contributed by atoms with Crippen LogP contribution >= 0.6 is 0 Å². The fourth-order valence-corrected chi connectivity index (χ4v) is 3.90. The minimum absolute atomic E-state index is 0.180. The van der Waals surface area contributed by atoms with E-state index in [9.17, 15) is 18.8 Å². The predicted octanol–water partition coefficient (Wildman–Crippen LogP) is 2.43. The van der Waals surface area contributed by atoms with E-state index in [0.29, 0.717) is 18.8 Å². The van der Waals surface area contributed by atoms with Crippen LogP contribution in [-0.4, -0.2) is 38.2 Å². The highest BCUT2D eigenvalue weighted by Crippen LogP contribution is 2.13. The monoisotopic (exact) mass is 422 g/mol. The zero-order valence-electron chi connectivity index (χ0n) is 17.5. The Bertz CT molecular complexity index is 1250. The molecule has 1 aliphatic rings. The van der Waals surface area contributed by atoms with E-state index >= 15 is 0 Å².